The second-order valence-electron chi connectivity index (χ2n) is 21.9. The van der Waals surface area contributed by atoms with E-state index in [2.05, 4.69) is 118 Å². The molecule has 3 unspecified atom stereocenters. The Balaban J connectivity index is 4.76. The summed E-state index contributed by atoms with van der Waals surface area (Å²) in [6.07, 6.45) is 76.4. The maximum Gasteiger partial charge on any atom is 0.472 e. The fourth-order valence-corrected chi connectivity index (χ4v) is 9.72. The summed E-state index contributed by atoms with van der Waals surface area (Å²) in [4.78, 5) is 48.8. The zero-order valence-electron chi connectivity index (χ0n) is 52.4. The number of rotatable bonds is 61. The first-order valence-electron chi connectivity index (χ1n) is 33.1. The molecule has 3 atom stereocenters. The summed E-state index contributed by atoms with van der Waals surface area (Å²) in [6, 6.07) is 0. The quantitative estimate of drug-likeness (QED) is 0.0197. The van der Waals surface area contributed by atoms with Crippen LogP contribution in [0, 0.1) is 0 Å². The zero-order chi connectivity index (χ0) is 59.8. The molecule has 0 heterocycles. The molecule has 2 N–H and O–H groups in total. The molecule has 0 saturated carbocycles. The molecular formula is C70H121O11P. The van der Waals surface area contributed by atoms with Gasteiger partial charge in [-0.3, -0.25) is 23.4 Å². The van der Waals surface area contributed by atoms with Crippen LogP contribution in [0.25, 0.3) is 0 Å². The van der Waals surface area contributed by atoms with Crippen molar-refractivity contribution in [3.63, 3.8) is 0 Å². The predicted molar refractivity (Wildman–Crippen MR) is 344 cm³/mol. The Kier molecular flexibility index (Phi) is 60.6. The van der Waals surface area contributed by atoms with Crippen LogP contribution in [-0.2, 0) is 42.2 Å². The number of hydrogen-bond acceptors (Lipinski definition) is 10. The van der Waals surface area contributed by atoms with Gasteiger partial charge in [-0.05, 0) is 122 Å². The van der Waals surface area contributed by atoms with Gasteiger partial charge in [-0.15, -0.1) is 0 Å². The van der Waals surface area contributed by atoms with Crippen molar-refractivity contribution in [2.45, 2.75) is 303 Å². The minimum absolute atomic E-state index is 0.152. The summed E-state index contributed by atoms with van der Waals surface area (Å²) in [6.45, 7) is 4.49. The number of hydrogen-bond donors (Lipinski definition) is 2. The highest BCUT2D eigenvalue weighted by molar-refractivity contribution is 7.47. The largest absolute Gasteiger partial charge is 0.472 e. The van der Waals surface area contributed by atoms with Crippen LogP contribution in [0.3, 0.4) is 0 Å². The predicted octanol–water partition coefficient (Wildman–Crippen LogP) is 20.4. The molecule has 0 aliphatic rings. The Morgan fingerprint density at radius 3 is 1.02 bits per heavy atom. The molecule has 0 aliphatic heterocycles. The maximum absolute atomic E-state index is 13.0. The highest BCUT2D eigenvalue weighted by atomic mass is 31.2. The van der Waals surface area contributed by atoms with Crippen LogP contribution in [0.15, 0.2) is 97.2 Å². The molecule has 0 amide bonds. The number of ether oxygens (including phenoxy) is 3. The van der Waals surface area contributed by atoms with Crippen LogP contribution in [0.1, 0.15) is 290 Å². The Morgan fingerprint density at radius 2 is 0.634 bits per heavy atom. The molecule has 0 radical (unpaired) electrons. The summed E-state index contributed by atoms with van der Waals surface area (Å²) < 4.78 is 39.7. The molecule has 82 heavy (non-hydrogen) atoms. The third kappa shape index (κ3) is 61.0. The number of phosphoric acid groups is 1. The van der Waals surface area contributed by atoms with Gasteiger partial charge in [-0.1, -0.05) is 246 Å². The average molecular weight is 1170 g/mol. The fourth-order valence-electron chi connectivity index (χ4n) is 8.94. The summed E-state index contributed by atoms with van der Waals surface area (Å²) in [7, 11) is -4.77. The summed E-state index contributed by atoms with van der Waals surface area (Å²) >= 11 is 0. The topological polar surface area (TPSA) is 155 Å². The first-order chi connectivity index (χ1) is 40.2. The second-order valence-corrected chi connectivity index (χ2v) is 23.3. The van der Waals surface area contributed by atoms with Crippen molar-refractivity contribution in [2.75, 3.05) is 26.4 Å². The van der Waals surface area contributed by atoms with Crippen LogP contribution < -0.4 is 0 Å². The smallest absolute Gasteiger partial charge is 0.462 e. The minimum atomic E-state index is -4.77. The van der Waals surface area contributed by atoms with Gasteiger partial charge in [0.15, 0.2) is 6.10 Å². The van der Waals surface area contributed by atoms with Crippen LogP contribution >= 0.6 is 7.82 Å². The van der Waals surface area contributed by atoms with E-state index in [0.717, 1.165) is 109 Å². The van der Waals surface area contributed by atoms with E-state index in [1.165, 1.54) is 122 Å². The van der Waals surface area contributed by atoms with Gasteiger partial charge in [-0.25, -0.2) is 4.57 Å². The Hall–Kier alpha value is -3.60. The van der Waals surface area contributed by atoms with Crippen LogP contribution in [0.5, 0.6) is 0 Å². The van der Waals surface area contributed by atoms with Gasteiger partial charge >= 0.3 is 25.7 Å². The molecule has 0 aliphatic carbocycles. The molecule has 0 aromatic carbocycles. The van der Waals surface area contributed by atoms with Crippen molar-refractivity contribution in [1.82, 2.24) is 0 Å². The number of aliphatic hydroxyl groups is 1. The summed E-state index contributed by atoms with van der Waals surface area (Å²) in [5, 5.41) is 9.87. The van der Waals surface area contributed by atoms with E-state index in [-0.39, 0.29) is 25.9 Å². The van der Waals surface area contributed by atoms with Gasteiger partial charge in [0.2, 0.25) is 0 Å². The van der Waals surface area contributed by atoms with Gasteiger partial charge < -0.3 is 24.2 Å². The van der Waals surface area contributed by atoms with E-state index in [1.54, 1.807) is 0 Å². The molecule has 0 aromatic rings. The second kappa shape index (κ2) is 63.4. The van der Waals surface area contributed by atoms with Crippen molar-refractivity contribution in [3.05, 3.63) is 97.2 Å². The lowest BCUT2D eigenvalue weighted by molar-refractivity contribution is -0.161. The third-order valence-electron chi connectivity index (χ3n) is 14.0. The highest BCUT2D eigenvalue weighted by Crippen LogP contribution is 2.43. The molecule has 472 valence electrons. The number of carbonyl (C=O) groups is 3. The van der Waals surface area contributed by atoms with Gasteiger partial charge in [0.1, 0.15) is 12.7 Å². The lowest BCUT2D eigenvalue weighted by atomic mass is 10.1. The molecule has 11 nitrogen and oxygen atoms in total. The van der Waals surface area contributed by atoms with E-state index in [1.807, 2.05) is 0 Å². The van der Waals surface area contributed by atoms with Crippen molar-refractivity contribution < 1.29 is 52.2 Å². The molecule has 0 bridgehead atoms. The number of esters is 3. The van der Waals surface area contributed by atoms with Gasteiger partial charge in [0.05, 0.1) is 19.8 Å². The van der Waals surface area contributed by atoms with Crippen LogP contribution in [0.4, 0.5) is 0 Å². The third-order valence-corrected chi connectivity index (χ3v) is 14.9. The Morgan fingerprint density at radius 1 is 0.354 bits per heavy atom. The maximum atomic E-state index is 13.0. The molecular weight excluding hydrogens is 1050 g/mol. The van der Waals surface area contributed by atoms with Crippen molar-refractivity contribution in [2.24, 2.45) is 0 Å². The first-order valence-corrected chi connectivity index (χ1v) is 34.6. The van der Waals surface area contributed by atoms with Crippen LogP contribution in [-0.4, -0.2) is 66.5 Å². The average Bonchev–Trinajstić information content (AvgIpc) is 3.47. The van der Waals surface area contributed by atoms with E-state index in [9.17, 15) is 28.9 Å². The number of unbranched alkanes of at least 4 members (excludes halogenated alkanes) is 28. The molecule has 0 aromatic heterocycles. The normalized spacial score (nSPS) is 13.9. The summed E-state index contributed by atoms with van der Waals surface area (Å²) in [5.74, 6) is -1.51. The number of carbonyl (C=O) groups excluding carboxylic acids is 3. The van der Waals surface area contributed by atoms with Crippen LogP contribution in [0.2, 0.25) is 0 Å². The number of phosphoric ester groups is 1. The SMILES string of the molecule is CC/C=C\C/C=C\C/C=C\C/C=C\C/C=C\CCCCCC(=O)OCC(COP(=O)(O)OCC(CO)OC(=O)CCCCCCCCC/C=C\CCCCCCCC)OC(=O)CCCCCCCCCCC/C=C\C/C=C\CCCCC. The highest BCUT2D eigenvalue weighted by Gasteiger charge is 2.28. The Bertz CT molecular complexity index is 1750. The number of aliphatic hydroxyl groups excluding tert-OH is 1. The lowest BCUT2D eigenvalue weighted by Gasteiger charge is -2.21. The molecule has 0 fully saturated rings. The molecule has 0 spiro atoms. The monoisotopic (exact) mass is 1170 g/mol. The molecule has 0 rings (SSSR count). The van der Waals surface area contributed by atoms with Gasteiger partial charge in [0.25, 0.3) is 0 Å². The first kappa shape index (κ1) is 78.4. The van der Waals surface area contributed by atoms with Crippen molar-refractivity contribution in [1.29, 1.82) is 0 Å². The lowest BCUT2D eigenvalue weighted by Crippen LogP contribution is -2.30. The minimum Gasteiger partial charge on any atom is -0.462 e. The van der Waals surface area contributed by atoms with Gasteiger partial charge in [0, 0.05) is 19.3 Å². The Labute approximate surface area is 502 Å². The van der Waals surface area contributed by atoms with E-state index in [4.69, 9.17) is 23.3 Å². The molecule has 0 saturated heterocycles. The fraction of sp³-hybridized carbons (Fsp3) is 0.729. The number of allylic oxidation sites excluding steroid dienone is 16. The van der Waals surface area contributed by atoms with Gasteiger partial charge in [-0.2, -0.15) is 0 Å². The van der Waals surface area contributed by atoms with E-state index < -0.39 is 57.8 Å². The van der Waals surface area contributed by atoms with Crippen molar-refractivity contribution in [3.8, 4) is 0 Å². The standard InChI is InChI=1S/C70H121O11P/c1-4-7-10-13-16-19-22-25-28-31-33-36-38-41-44-47-50-53-56-59-68(72)77-63-67(81-70(74)61-58-55-52-49-46-43-40-37-34-32-29-26-23-20-17-14-11-8-5-2)65-79-82(75,76)78-64-66(62-71)80-69(73)60-57-54-51-48-45-42-39-35-30-27-24-21-18-15-12-9-6-3/h7,10,16-17,19-20,25-30,33,36,41,44,66-67,71H,4-6,8-9,11-15,18,21-24,31-32,34-35,37-40,42-43,45-65H2,1-3H3,(H,75,76)/b10-7-,19-16-,20-17-,28-25-,29-26-,30-27-,36-33-,44-41-. The van der Waals surface area contributed by atoms with E-state index >= 15 is 0 Å². The summed E-state index contributed by atoms with van der Waals surface area (Å²) in [5.41, 5.74) is 0. The van der Waals surface area contributed by atoms with E-state index in [0.29, 0.717) is 19.3 Å². The zero-order valence-corrected chi connectivity index (χ0v) is 53.3. The molecule has 12 heteroatoms. The van der Waals surface area contributed by atoms with Crippen molar-refractivity contribution >= 4 is 25.7 Å².